The van der Waals surface area contributed by atoms with E-state index in [4.69, 9.17) is 0 Å². The summed E-state index contributed by atoms with van der Waals surface area (Å²) in [6.45, 7) is 2.86. The third-order valence-electron chi connectivity index (χ3n) is 4.74. The molecule has 1 aliphatic rings. The van der Waals surface area contributed by atoms with E-state index in [9.17, 15) is 9.90 Å². The molecular formula is C18H18N4O2. The summed E-state index contributed by atoms with van der Waals surface area (Å²) in [5.41, 5.74) is 4.45. The van der Waals surface area contributed by atoms with Gasteiger partial charge in [-0.1, -0.05) is 13.0 Å². The van der Waals surface area contributed by atoms with Crippen molar-refractivity contribution in [2.24, 2.45) is 0 Å². The average Bonchev–Trinajstić information content (AvgIpc) is 3.16. The van der Waals surface area contributed by atoms with Crippen LogP contribution < -0.4 is 4.90 Å². The van der Waals surface area contributed by atoms with Crippen LogP contribution in [0, 0.1) is 0 Å². The third-order valence-corrected chi connectivity index (χ3v) is 4.74. The first-order valence-corrected chi connectivity index (χ1v) is 8.06. The van der Waals surface area contributed by atoms with Crippen LogP contribution in [0.2, 0.25) is 0 Å². The smallest absolute Gasteiger partial charge is 0.335 e. The molecule has 0 bridgehead atoms. The Balaban J connectivity index is 1.74. The summed E-state index contributed by atoms with van der Waals surface area (Å²) in [5, 5.41) is 9.28. The summed E-state index contributed by atoms with van der Waals surface area (Å²) in [4.78, 5) is 22.1. The Kier molecular flexibility index (Phi) is 3.45. The predicted octanol–water partition coefficient (Wildman–Crippen LogP) is 2.77. The lowest BCUT2D eigenvalue weighted by atomic mass is 10.1. The van der Waals surface area contributed by atoms with E-state index in [1.807, 2.05) is 22.9 Å². The molecule has 6 nitrogen and oxygen atoms in total. The maximum atomic E-state index is 11.3. The van der Waals surface area contributed by atoms with Crippen molar-refractivity contribution in [2.75, 3.05) is 4.90 Å². The number of nitrogens with zero attached hydrogens (tertiary/aromatic N) is 4. The number of hydrogen-bond donors (Lipinski definition) is 1. The second-order valence-corrected chi connectivity index (χ2v) is 6.10. The summed E-state index contributed by atoms with van der Waals surface area (Å²) in [6, 6.07) is 5.80. The van der Waals surface area contributed by atoms with E-state index in [2.05, 4.69) is 21.8 Å². The van der Waals surface area contributed by atoms with Gasteiger partial charge in [0.25, 0.3) is 0 Å². The summed E-state index contributed by atoms with van der Waals surface area (Å²) in [7, 11) is 0. The minimum Gasteiger partial charge on any atom is -0.478 e. The lowest BCUT2D eigenvalue weighted by Crippen LogP contribution is -2.31. The summed E-state index contributed by atoms with van der Waals surface area (Å²) >= 11 is 0. The highest BCUT2D eigenvalue weighted by atomic mass is 16.4. The second kappa shape index (κ2) is 5.63. The number of benzene rings is 1. The van der Waals surface area contributed by atoms with Gasteiger partial charge in [0.15, 0.2) is 5.65 Å². The highest BCUT2D eigenvalue weighted by Crippen LogP contribution is 2.35. The van der Waals surface area contributed by atoms with Gasteiger partial charge in [0.2, 0.25) is 0 Å². The molecule has 0 aliphatic carbocycles. The lowest BCUT2D eigenvalue weighted by molar-refractivity contribution is 0.0697. The van der Waals surface area contributed by atoms with E-state index in [1.165, 1.54) is 5.56 Å². The Morgan fingerprint density at radius 1 is 1.38 bits per heavy atom. The van der Waals surface area contributed by atoms with Gasteiger partial charge >= 0.3 is 5.97 Å². The molecule has 1 atom stereocenters. The fraction of sp³-hybridized carbons (Fsp3) is 0.278. The second-order valence-electron chi connectivity index (χ2n) is 6.10. The van der Waals surface area contributed by atoms with Crippen molar-refractivity contribution in [3.63, 3.8) is 0 Å². The van der Waals surface area contributed by atoms with Crippen LogP contribution in [0.4, 0.5) is 5.69 Å². The largest absolute Gasteiger partial charge is 0.478 e. The van der Waals surface area contributed by atoms with Crippen molar-refractivity contribution in [3.8, 4) is 0 Å². The molecule has 0 saturated heterocycles. The molecular weight excluding hydrogens is 304 g/mol. The SMILES string of the molecule is CCC1Cc2ccc(C(=O)O)cc2N1Cc1cnc2cnccn12. The molecule has 3 heterocycles. The van der Waals surface area contributed by atoms with Crippen LogP contribution >= 0.6 is 0 Å². The molecule has 0 spiro atoms. The molecule has 3 aromatic rings. The molecule has 24 heavy (non-hydrogen) atoms. The van der Waals surface area contributed by atoms with E-state index in [1.54, 1.807) is 24.5 Å². The Morgan fingerprint density at radius 3 is 3.04 bits per heavy atom. The molecule has 1 N–H and O–H groups in total. The van der Waals surface area contributed by atoms with Gasteiger partial charge in [-0.3, -0.25) is 9.38 Å². The van der Waals surface area contributed by atoms with Crippen LogP contribution in [-0.2, 0) is 13.0 Å². The molecule has 1 aliphatic heterocycles. The van der Waals surface area contributed by atoms with Crippen LogP contribution in [0.15, 0.2) is 43.0 Å². The van der Waals surface area contributed by atoms with Crippen LogP contribution in [0.25, 0.3) is 5.65 Å². The molecule has 0 fully saturated rings. The van der Waals surface area contributed by atoms with Crippen molar-refractivity contribution in [2.45, 2.75) is 32.4 Å². The maximum absolute atomic E-state index is 11.3. The number of rotatable bonds is 4. The van der Waals surface area contributed by atoms with E-state index in [0.29, 0.717) is 18.2 Å². The Bertz CT molecular complexity index is 918. The number of imidazole rings is 1. The summed E-state index contributed by atoms with van der Waals surface area (Å²) in [6.07, 6.45) is 9.21. The van der Waals surface area contributed by atoms with Crippen molar-refractivity contribution in [1.82, 2.24) is 14.4 Å². The minimum absolute atomic E-state index is 0.331. The maximum Gasteiger partial charge on any atom is 0.335 e. The van der Waals surface area contributed by atoms with Gasteiger partial charge in [-0.25, -0.2) is 9.78 Å². The number of aromatic nitrogens is 3. The zero-order chi connectivity index (χ0) is 16.7. The first-order valence-electron chi connectivity index (χ1n) is 8.06. The average molecular weight is 322 g/mol. The first kappa shape index (κ1) is 14.7. The van der Waals surface area contributed by atoms with Gasteiger partial charge in [0.1, 0.15) is 0 Å². The molecule has 0 amide bonds. The molecule has 0 saturated carbocycles. The molecule has 1 aromatic carbocycles. The van der Waals surface area contributed by atoms with Crippen LogP contribution in [-0.4, -0.2) is 31.5 Å². The first-order chi connectivity index (χ1) is 11.7. The Morgan fingerprint density at radius 2 is 2.25 bits per heavy atom. The molecule has 2 aromatic heterocycles. The predicted molar refractivity (Wildman–Crippen MR) is 90.4 cm³/mol. The highest BCUT2D eigenvalue weighted by Gasteiger charge is 2.29. The van der Waals surface area contributed by atoms with Crippen LogP contribution in [0.1, 0.15) is 35.0 Å². The van der Waals surface area contributed by atoms with Crippen molar-refractivity contribution >= 4 is 17.3 Å². The van der Waals surface area contributed by atoms with Crippen LogP contribution in [0.5, 0.6) is 0 Å². The van der Waals surface area contributed by atoms with Crippen molar-refractivity contribution in [1.29, 1.82) is 0 Å². The van der Waals surface area contributed by atoms with Gasteiger partial charge in [-0.2, -0.15) is 0 Å². The molecule has 6 heteroatoms. The zero-order valence-electron chi connectivity index (χ0n) is 13.4. The molecule has 122 valence electrons. The number of anilines is 1. The summed E-state index contributed by atoms with van der Waals surface area (Å²) < 4.78 is 2.03. The van der Waals surface area contributed by atoms with Gasteiger partial charge in [0.05, 0.1) is 30.2 Å². The molecule has 0 radical (unpaired) electrons. The van der Waals surface area contributed by atoms with E-state index in [0.717, 1.165) is 29.9 Å². The quantitative estimate of drug-likeness (QED) is 0.800. The monoisotopic (exact) mass is 322 g/mol. The van der Waals surface area contributed by atoms with E-state index >= 15 is 0 Å². The van der Waals surface area contributed by atoms with Crippen molar-refractivity contribution in [3.05, 3.63) is 59.8 Å². The van der Waals surface area contributed by atoms with Gasteiger partial charge in [-0.15, -0.1) is 0 Å². The van der Waals surface area contributed by atoms with E-state index in [-0.39, 0.29) is 0 Å². The fourth-order valence-corrected chi connectivity index (χ4v) is 3.46. The molecule has 1 unspecified atom stereocenters. The minimum atomic E-state index is -0.890. The normalized spacial score (nSPS) is 16.5. The van der Waals surface area contributed by atoms with Gasteiger partial charge in [-0.05, 0) is 30.5 Å². The fourth-order valence-electron chi connectivity index (χ4n) is 3.46. The number of hydrogen-bond acceptors (Lipinski definition) is 4. The topological polar surface area (TPSA) is 70.7 Å². The van der Waals surface area contributed by atoms with Crippen LogP contribution in [0.3, 0.4) is 0 Å². The number of carboxylic acid groups (broad SMARTS) is 1. The standard InChI is InChI=1S/C18H18N4O2/c1-2-14-7-12-3-4-13(18(23)24)8-16(12)22(14)11-15-9-20-17-10-19-5-6-21(15)17/h3-6,8-10,14H,2,7,11H2,1H3,(H,23,24). The Labute approximate surface area is 139 Å². The number of carboxylic acids is 1. The third kappa shape index (κ3) is 2.31. The van der Waals surface area contributed by atoms with Gasteiger partial charge in [0, 0.05) is 24.1 Å². The zero-order valence-corrected chi connectivity index (χ0v) is 13.4. The number of aromatic carboxylic acids is 1. The molecule has 4 rings (SSSR count). The van der Waals surface area contributed by atoms with Gasteiger partial charge < -0.3 is 10.0 Å². The number of fused-ring (bicyclic) bond motifs is 2. The highest BCUT2D eigenvalue weighted by molar-refractivity contribution is 5.89. The lowest BCUT2D eigenvalue weighted by Gasteiger charge is -2.26. The Hall–Kier alpha value is -2.89. The van der Waals surface area contributed by atoms with E-state index < -0.39 is 5.97 Å². The summed E-state index contributed by atoms with van der Waals surface area (Å²) in [5.74, 6) is -0.890. The number of carbonyl (C=O) groups is 1. The van der Waals surface area contributed by atoms with Crippen molar-refractivity contribution < 1.29 is 9.90 Å².